The predicted octanol–water partition coefficient (Wildman–Crippen LogP) is 3.49. The van der Waals surface area contributed by atoms with Crippen molar-refractivity contribution in [2.45, 2.75) is 47.1 Å². The van der Waals surface area contributed by atoms with E-state index in [1.807, 2.05) is 6.20 Å². The maximum atomic E-state index is 4.39. The molecule has 0 atom stereocenters. The van der Waals surface area contributed by atoms with Crippen molar-refractivity contribution in [3.8, 4) is 0 Å². The molecule has 2 nitrogen and oxygen atoms in total. The van der Waals surface area contributed by atoms with Gasteiger partial charge in [0.05, 0.1) is 0 Å². The fraction of sp³-hybridized carbons (Fsp3) is 0.615. The number of nitrogens with one attached hydrogen (secondary N) is 1. The zero-order chi connectivity index (χ0) is 11.5. The fourth-order valence-corrected chi connectivity index (χ4v) is 1.52. The second-order valence-electron chi connectivity index (χ2n) is 5.59. The molecule has 0 aromatic carbocycles. The van der Waals surface area contributed by atoms with E-state index >= 15 is 0 Å². The average molecular weight is 206 g/mol. The second-order valence-corrected chi connectivity index (χ2v) is 5.59. The normalized spacial score (nSPS) is 11.9. The number of hydrogen-bond donors (Lipinski definition) is 1. The van der Waals surface area contributed by atoms with E-state index in [4.69, 9.17) is 0 Å². The highest BCUT2D eigenvalue weighted by atomic mass is 15.0. The van der Waals surface area contributed by atoms with Crippen molar-refractivity contribution in [3.05, 3.63) is 23.9 Å². The molecule has 0 spiro atoms. The molecule has 2 heteroatoms. The first-order valence-electron chi connectivity index (χ1n) is 5.58. The van der Waals surface area contributed by atoms with Crippen LogP contribution in [0.1, 0.15) is 40.2 Å². The molecule has 0 aliphatic carbocycles. The Labute approximate surface area is 93.1 Å². The lowest BCUT2D eigenvalue weighted by Gasteiger charge is -2.18. The molecule has 0 radical (unpaired) electrons. The number of hydrogen-bond acceptors (Lipinski definition) is 2. The third-order valence-corrected chi connectivity index (χ3v) is 2.00. The van der Waals surface area contributed by atoms with Crippen LogP contribution in [0, 0.1) is 5.41 Å². The minimum Gasteiger partial charge on any atom is -0.368 e. The van der Waals surface area contributed by atoms with Gasteiger partial charge in [0.25, 0.3) is 0 Å². The first-order valence-corrected chi connectivity index (χ1v) is 5.58. The Morgan fingerprint density at radius 3 is 2.33 bits per heavy atom. The van der Waals surface area contributed by atoms with Gasteiger partial charge in [-0.3, -0.25) is 0 Å². The van der Waals surface area contributed by atoms with Crippen LogP contribution in [-0.2, 0) is 6.42 Å². The molecular weight excluding hydrogens is 184 g/mol. The molecule has 0 aliphatic rings. The van der Waals surface area contributed by atoms with E-state index in [1.54, 1.807) is 0 Å². The Morgan fingerprint density at radius 2 is 1.93 bits per heavy atom. The highest BCUT2D eigenvalue weighted by Gasteiger charge is 2.11. The lowest BCUT2D eigenvalue weighted by Crippen LogP contribution is -2.12. The molecule has 0 amide bonds. The van der Waals surface area contributed by atoms with Crippen molar-refractivity contribution in [1.29, 1.82) is 0 Å². The summed E-state index contributed by atoms with van der Waals surface area (Å²) < 4.78 is 0. The highest BCUT2D eigenvalue weighted by Crippen LogP contribution is 2.20. The van der Waals surface area contributed by atoms with E-state index in [0.717, 1.165) is 12.2 Å². The summed E-state index contributed by atoms with van der Waals surface area (Å²) in [6.07, 6.45) is 3.04. The molecule has 1 aromatic heterocycles. The summed E-state index contributed by atoms with van der Waals surface area (Å²) in [4.78, 5) is 4.39. The number of rotatable bonds is 3. The maximum Gasteiger partial charge on any atom is 0.126 e. The largest absolute Gasteiger partial charge is 0.368 e. The van der Waals surface area contributed by atoms with Crippen molar-refractivity contribution in [2.24, 2.45) is 5.41 Å². The molecule has 1 heterocycles. The van der Waals surface area contributed by atoms with E-state index in [2.05, 4.69) is 57.1 Å². The van der Waals surface area contributed by atoms with Crippen molar-refractivity contribution >= 4 is 5.82 Å². The van der Waals surface area contributed by atoms with Gasteiger partial charge in [-0.25, -0.2) is 4.98 Å². The zero-order valence-corrected chi connectivity index (χ0v) is 10.5. The minimum atomic E-state index is 0.328. The summed E-state index contributed by atoms with van der Waals surface area (Å²) in [5.74, 6) is 0.961. The van der Waals surface area contributed by atoms with Gasteiger partial charge >= 0.3 is 0 Å². The lowest BCUT2D eigenvalue weighted by atomic mass is 9.89. The molecule has 1 rings (SSSR count). The minimum absolute atomic E-state index is 0.328. The lowest BCUT2D eigenvalue weighted by molar-refractivity contribution is 0.411. The number of anilines is 1. The molecule has 0 aliphatic heterocycles. The van der Waals surface area contributed by atoms with E-state index in [-0.39, 0.29) is 0 Å². The quantitative estimate of drug-likeness (QED) is 0.819. The summed E-state index contributed by atoms with van der Waals surface area (Å²) in [6.45, 7) is 11.0. The molecule has 0 saturated carbocycles. The van der Waals surface area contributed by atoms with Gasteiger partial charge < -0.3 is 5.32 Å². The van der Waals surface area contributed by atoms with Gasteiger partial charge in [-0.05, 0) is 37.3 Å². The smallest absolute Gasteiger partial charge is 0.126 e. The monoisotopic (exact) mass is 206 g/mol. The standard InChI is InChI=1S/C13H22N2/c1-10(2)15-12-7-6-11(9-14-12)8-13(3,4)5/h6-7,9-10H,8H2,1-5H3,(H,14,15). The molecule has 84 valence electrons. The Balaban J connectivity index is 2.64. The number of pyridine rings is 1. The van der Waals surface area contributed by atoms with E-state index in [9.17, 15) is 0 Å². The summed E-state index contributed by atoms with van der Waals surface area (Å²) in [7, 11) is 0. The van der Waals surface area contributed by atoms with E-state index < -0.39 is 0 Å². The Hall–Kier alpha value is -1.05. The van der Waals surface area contributed by atoms with Gasteiger partial charge in [0.2, 0.25) is 0 Å². The molecular formula is C13H22N2. The predicted molar refractivity (Wildman–Crippen MR) is 66.2 cm³/mol. The van der Waals surface area contributed by atoms with Crippen LogP contribution in [0.5, 0.6) is 0 Å². The Bertz CT molecular complexity index is 293. The average Bonchev–Trinajstić information content (AvgIpc) is 2.05. The van der Waals surface area contributed by atoms with Crippen LogP contribution >= 0.6 is 0 Å². The molecule has 0 unspecified atom stereocenters. The van der Waals surface area contributed by atoms with Crippen molar-refractivity contribution < 1.29 is 0 Å². The topological polar surface area (TPSA) is 24.9 Å². The summed E-state index contributed by atoms with van der Waals surface area (Å²) in [6, 6.07) is 4.65. The molecule has 0 saturated heterocycles. The molecule has 15 heavy (non-hydrogen) atoms. The zero-order valence-electron chi connectivity index (χ0n) is 10.5. The van der Waals surface area contributed by atoms with Crippen LogP contribution in [0.4, 0.5) is 5.82 Å². The number of aromatic nitrogens is 1. The number of nitrogens with zero attached hydrogens (tertiary/aromatic N) is 1. The third kappa shape index (κ3) is 4.82. The highest BCUT2D eigenvalue weighted by molar-refractivity contribution is 5.36. The van der Waals surface area contributed by atoms with Gasteiger partial charge in [-0.2, -0.15) is 0 Å². The first kappa shape index (κ1) is 12.0. The van der Waals surface area contributed by atoms with Crippen LogP contribution in [-0.4, -0.2) is 11.0 Å². The maximum absolute atomic E-state index is 4.39. The van der Waals surface area contributed by atoms with Crippen LogP contribution in [0.3, 0.4) is 0 Å². The fourth-order valence-electron chi connectivity index (χ4n) is 1.52. The first-order chi connectivity index (χ1) is 6.87. The SMILES string of the molecule is CC(C)Nc1ccc(CC(C)(C)C)cn1. The Kier molecular flexibility index (Phi) is 3.72. The van der Waals surface area contributed by atoms with Gasteiger partial charge in [-0.15, -0.1) is 0 Å². The van der Waals surface area contributed by atoms with E-state index in [0.29, 0.717) is 11.5 Å². The van der Waals surface area contributed by atoms with Crippen LogP contribution in [0.25, 0.3) is 0 Å². The molecule has 0 bridgehead atoms. The molecule has 0 fully saturated rings. The van der Waals surface area contributed by atoms with Gasteiger partial charge in [0.15, 0.2) is 0 Å². The molecule has 1 N–H and O–H groups in total. The molecule has 1 aromatic rings. The Morgan fingerprint density at radius 1 is 1.27 bits per heavy atom. The summed E-state index contributed by atoms with van der Waals surface area (Å²) >= 11 is 0. The summed E-state index contributed by atoms with van der Waals surface area (Å²) in [5, 5.41) is 3.28. The van der Waals surface area contributed by atoms with E-state index in [1.165, 1.54) is 5.56 Å². The van der Waals surface area contributed by atoms with Gasteiger partial charge in [0, 0.05) is 12.2 Å². The van der Waals surface area contributed by atoms with Crippen molar-refractivity contribution in [3.63, 3.8) is 0 Å². The second kappa shape index (κ2) is 4.65. The third-order valence-electron chi connectivity index (χ3n) is 2.00. The van der Waals surface area contributed by atoms with Crippen LogP contribution < -0.4 is 5.32 Å². The van der Waals surface area contributed by atoms with Crippen molar-refractivity contribution in [1.82, 2.24) is 4.98 Å². The van der Waals surface area contributed by atoms with Crippen molar-refractivity contribution in [2.75, 3.05) is 5.32 Å². The summed E-state index contributed by atoms with van der Waals surface area (Å²) in [5.41, 5.74) is 1.63. The van der Waals surface area contributed by atoms with Crippen LogP contribution in [0.2, 0.25) is 0 Å². The van der Waals surface area contributed by atoms with Gasteiger partial charge in [0.1, 0.15) is 5.82 Å². The van der Waals surface area contributed by atoms with Gasteiger partial charge in [-0.1, -0.05) is 26.8 Å². The van der Waals surface area contributed by atoms with Crippen LogP contribution in [0.15, 0.2) is 18.3 Å².